The Labute approximate surface area is 180 Å². The van der Waals surface area contributed by atoms with Crippen LogP contribution in [0.3, 0.4) is 0 Å². The van der Waals surface area contributed by atoms with Crippen molar-refractivity contribution in [2.45, 2.75) is 41.4 Å². The van der Waals surface area contributed by atoms with Crippen LogP contribution in [0.5, 0.6) is 5.75 Å². The van der Waals surface area contributed by atoms with Crippen LogP contribution in [0.25, 0.3) is 0 Å². The lowest BCUT2D eigenvalue weighted by Crippen LogP contribution is -2.28. The topological polar surface area (TPSA) is 102 Å². The minimum absolute atomic E-state index is 0.0922. The van der Waals surface area contributed by atoms with Crippen molar-refractivity contribution in [3.05, 3.63) is 48.0 Å². The first-order valence-electron chi connectivity index (χ1n) is 9.57. The third-order valence-corrected chi connectivity index (χ3v) is 7.92. The Hall–Kier alpha value is -2.52. The summed E-state index contributed by atoms with van der Waals surface area (Å²) in [7, 11) is -2.12. The molecule has 1 atom stereocenters. The highest BCUT2D eigenvalue weighted by molar-refractivity contribution is 8.01. The molecule has 0 fully saturated rings. The average Bonchev–Trinajstić information content (AvgIpc) is 2.75. The summed E-state index contributed by atoms with van der Waals surface area (Å²) < 4.78 is 30.6. The number of carbonyl (C=O) groups is 2. The summed E-state index contributed by atoms with van der Waals surface area (Å²) in [4.78, 5) is 25.2. The maximum absolute atomic E-state index is 12.7. The van der Waals surface area contributed by atoms with Gasteiger partial charge in [-0.15, -0.1) is 11.8 Å². The summed E-state index contributed by atoms with van der Waals surface area (Å²) in [5, 5.41) is 5.32. The first-order chi connectivity index (χ1) is 14.3. The van der Waals surface area contributed by atoms with Crippen molar-refractivity contribution in [3.63, 3.8) is 0 Å². The standard InChI is InChI=1S/C21H24N2O5S2/c1-3-18-21(25)23-16-12-15(8-9-19(16)29-18)30(26,27)11-10-20(24)22-13-14-6-4-5-7-17(14)28-2/h4-9,12,18H,3,10-11,13H2,1-2H3,(H,22,24)(H,23,25)/t18-/m1/s1. The summed E-state index contributed by atoms with van der Waals surface area (Å²) in [6, 6.07) is 12.0. The van der Waals surface area contributed by atoms with Crippen LogP contribution in [0.2, 0.25) is 0 Å². The molecule has 1 aliphatic rings. The van der Waals surface area contributed by atoms with Gasteiger partial charge in [0, 0.05) is 23.4 Å². The third-order valence-electron chi connectivity index (χ3n) is 4.77. The fourth-order valence-corrected chi connectivity index (χ4v) is 5.35. The highest BCUT2D eigenvalue weighted by Crippen LogP contribution is 2.38. The van der Waals surface area contributed by atoms with E-state index in [0.29, 0.717) is 17.9 Å². The van der Waals surface area contributed by atoms with Gasteiger partial charge in [0.2, 0.25) is 11.8 Å². The minimum Gasteiger partial charge on any atom is -0.496 e. The molecule has 2 amide bonds. The Morgan fingerprint density at radius 2 is 2.00 bits per heavy atom. The second-order valence-electron chi connectivity index (χ2n) is 6.82. The molecule has 1 heterocycles. The fourth-order valence-electron chi connectivity index (χ4n) is 3.07. The smallest absolute Gasteiger partial charge is 0.237 e. The normalized spacial score (nSPS) is 15.8. The summed E-state index contributed by atoms with van der Waals surface area (Å²) in [6.45, 7) is 2.18. The Balaban J connectivity index is 1.61. The highest BCUT2D eigenvalue weighted by Gasteiger charge is 2.27. The molecule has 0 aliphatic carbocycles. The number of anilines is 1. The summed E-state index contributed by atoms with van der Waals surface area (Å²) in [6.07, 6.45) is 0.535. The molecule has 0 bridgehead atoms. The van der Waals surface area contributed by atoms with E-state index in [2.05, 4.69) is 10.6 Å². The van der Waals surface area contributed by atoms with Crippen LogP contribution in [0.1, 0.15) is 25.3 Å². The largest absolute Gasteiger partial charge is 0.496 e. The number of nitrogens with one attached hydrogen (secondary N) is 2. The molecular formula is C21H24N2O5S2. The summed E-state index contributed by atoms with van der Waals surface area (Å²) in [5.41, 5.74) is 1.31. The van der Waals surface area contributed by atoms with Gasteiger partial charge >= 0.3 is 0 Å². The van der Waals surface area contributed by atoms with E-state index >= 15 is 0 Å². The molecule has 0 unspecified atom stereocenters. The number of carbonyl (C=O) groups excluding carboxylic acids is 2. The molecule has 30 heavy (non-hydrogen) atoms. The van der Waals surface area contributed by atoms with Crippen LogP contribution in [0.4, 0.5) is 5.69 Å². The molecule has 2 N–H and O–H groups in total. The van der Waals surface area contributed by atoms with Crippen LogP contribution in [-0.2, 0) is 26.0 Å². The number of para-hydroxylation sites is 1. The van der Waals surface area contributed by atoms with Gasteiger partial charge < -0.3 is 15.4 Å². The molecule has 2 aromatic carbocycles. The maximum Gasteiger partial charge on any atom is 0.237 e. The number of hydrogen-bond donors (Lipinski definition) is 2. The zero-order valence-corrected chi connectivity index (χ0v) is 18.4. The molecule has 160 valence electrons. The molecule has 0 aromatic heterocycles. The average molecular weight is 449 g/mol. The number of hydrogen-bond acceptors (Lipinski definition) is 6. The van der Waals surface area contributed by atoms with E-state index in [4.69, 9.17) is 4.74 Å². The van der Waals surface area contributed by atoms with Crippen molar-refractivity contribution in [1.82, 2.24) is 5.32 Å². The van der Waals surface area contributed by atoms with Gasteiger partial charge in [0.1, 0.15) is 5.75 Å². The number of methoxy groups -OCH3 is 1. The molecule has 1 aliphatic heterocycles. The van der Waals surface area contributed by atoms with Crippen LogP contribution in [-0.4, -0.2) is 38.3 Å². The summed E-state index contributed by atoms with van der Waals surface area (Å²) >= 11 is 1.43. The monoisotopic (exact) mass is 448 g/mol. The van der Waals surface area contributed by atoms with Gasteiger partial charge in [-0.2, -0.15) is 0 Å². The van der Waals surface area contributed by atoms with Gasteiger partial charge in [0.05, 0.1) is 28.7 Å². The zero-order chi connectivity index (χ0) is 21.7. The zero-order valence-electron chi connectivity index (χ0n) is 16.8. The van der Waals surface area contributed by atoms with Crippen molar-refractivity contribution in [1.29, 1.82) is 0 Å². The van der Waals surface area contributed by atoms with E-state index in [1.807, 2.05) is 25.1 Å². The number of fused-ring (bicyclic) bond motifs is 1. The minimum atomic E-state index is -3.67. The number of benzene rings is 2. The van der Waals surface area contributed by atoms with E-state index in [-0.39, 0.29) is 40.7 Å². The van der Waals surface area contributed by atoms with Gasteiger partial charge in [0.15, 0.2) is 9.84 Å². The van der Waals surface area contributed by atoms with E-state index in [1.165, 1.54) is 23.9 Å². The Bertz CT molecular complexity index is 1050. The quantitative estimate of drug-likeness (QED) is 0.644. The van der Waals surface area contributed by atoms with Crippen LogP contribution >= 0.6 is 11.8 Å². The van der Waals surface area contributed by atoms with E-state index in [0.717, 1.165) is 10.5 Å². The highest BCUT2D eigenvalue weighted by atomic mass is 32.2. The third kappa shape index (κ3) is 5.14. The summed E-state index contributed by atoms with van der Waals surface area (Å²) in [5.74, 6) is -0.149. The van der Waals surface area contributed by atoms with Crippen molar-refractivity contribution in [3.8, 4) is 5.75 Å². The first-order valence-corrected chi connectivity index (χ1v) is 12.1. The van der Waals surface area contributed by atoms with Crippen LogP contribution in [0, 0.1) is 0 Å². The van der Waals surface area contributed by atoms with E-state index in [1.54, 1.807) is 19.2 Å². The SMILES string of the molecule is CC[C@H]1Sc2ccc(S(=O)(=O)CCC(=O)NCc3ccccc3OC)cc2NC1=O. The van der Waals surface area contributed by atoms with Gasteiger partial charge in [-0.05, 0) is 30.7 Å². The van der Waals surface area contributed by atoms with E-state index in [9.17, 15) is 18.0 Å². The van der Waals surface area contributed by atoms with Crippen molar-refractivity contribution in [2.75, 3.05) is 18.2 Å². The van der Waals surface area contributed by atoms with Gasteiger partial charge in [-0.3, -0.25) is 9.59 Å². The Morgan fingerprint density at radius 1 is 1.23 bits per heavy atom. The van der Waals surface area contributed by atoms with Crippen molar-refractivity contribution in [2.24, 2.45) is 0 Å². The molecule has 7 nitrogen and oxygen atoms in total. The van der Waals surface area contributed by atoms with E-state index < -0.39 is 9.84 Å². The number of sulfone groups is 1. The maximum atomic E-state index is 12.7. The lowest BCUT2D eigenvalue weighted by atomic mass is 10.2. The number of thioether (sulfide) groups is 1. The van der Waals surface area contributed by atoms with Gasteiger partial charge in [0.25, 0.3) is 0 Å². The van der Waals surface area contributed by atoms with Gasteiger partial charge in [-0.25, -0.2) is 8.42 Å². The lowest BCUT2D eigenvalue weighted by molar-refractivity contribution is -0.121. The number of amides is 2. The molecule has 0 saturated carbocycles. The number of rotatable bonds is 8. The molecule has 2 aromatic rings. The lowest BCUT2D eigenvalue weighted by Gasteiger charge is -2.23. The predicted molar refractivity (Wildman–Crippen MR) is 117 cm³/mol. The van der Waals surface area contributed by atoms with Crippen molar-refractivity contribution >= 4 is 39.1 Å². The predicted octanol–water partition coefficient (Wildman–Crippen LogP) is 3.00. The van der Waals surface area contributed by atoms with Crippen molar-refractivity contribution < 1.29 is 22.7 Å². The number of ether oxygens (including phenoxy) is 1. The van der Waals surface area contributed by atoms with Crippen LogP contribution < -0.4 is 15.4 Å². The fraction of sp³-hybridized carbons (Fsp3) is 0.333. The Morgan fingerprint density at radius 3 is 2.73 bits per heavy atom. The first kappa shape index (κ1) is 22.2. The second kappa shape index (κ2) is 9.53. The van der Waals surface area contributed by atoms with Gasteiger partial charge in [-0.1, -0.05) is 25.1 Å². The Kier molecular flexibility index (Phi) is 7.04. The molecular weight excluding hydrogens is 424 g/mol. The second-order valence-corrected chi connectivity index (χ2v) is 10.2. The molecule has 0 radical (unpaired) electrons. The molecule has 9 heteroatoms. The molecule has 3 rings (SSSR count). The molecule has 0 spiro atoms. The van der Waals surface area contributed by atoms with Crippen LogP contribution in [0.15, 0.2) is 52.3 Å². The molecule has 0 saturated heterocycles.